The highest BCUT2D eigenvalue weighted by Crippen LogP contribution is 2.19. The topological polar surface area (TPSA) is 144 Å². The molecule has 9 heteroatoms. The number of benzene rings is 1. The highest BCUT2D eigenvalue weighted by atomic mass is 16.3. The Bertz CT molecular complexity index is 954. The molecule has 0 atom stereocenters. The summed E-state index contributed by atoms with van der Waals surface area (Å²) < 4.78 is 0. The molecule has 0 saturated carbocycles. The standard InChI is InChI=1S/C14H11N5O4/c20-11(10-12(21)18-14(23)19-13(10)22)17-8-3-1-7(2-4-8)9-5-15-6-16-9/h1-6H,(H,15,16)(H,17,20)(H3,18,19,21,22,23). The molecule has 0 radical (unpaired) electrons. The van der Waals surface area contributed by atoms with Gasteiger partial charge in [-0.05, 0) is 17.7 Å². The Labute approximate surface area is 128 Å². The van der Waals surface area contributed by atoms with E-state index in [1.807, 2.05) is 9.97 Å². The van der Waals surface area contributed by atoms with Crippen LogP contribution in [0.3, 0.4) is 0 Å². The minimum Gasteiger partial charge on any atom is -0.494 e. The van der Waals surface area contributed by atoms with Gasteiger partial charge in [-0.15, -0.1) is 0 Å². The summed E-state index contributed by atoms with van der Waals surface area (Å²) in [6, 6.07) is 6.76. The third-order valence-corrected chi connectivity index (χ3v) is 3.10. The van der Waals surface area contributed by atoms with E-state index in [0.29, 0.717) is 5.69 Å². The fraction of sp³-hybridized carbons (Fsp3) is 0. The number of anilines is 1. The number of hydrogen-bond donors (Lipinski definition) is 5. The minimum atomic E-state index is -0.974. The fourth-order valence-corrected chi connectivity index (χ4v) is 2.03. The number of carbonyl (C=O) groups excluding carboxylic acids is 1. The predicted octanol–water partition coefficient (Wildman–Crippen LogP) is 0.411. The van der Waals surface area contributed by atoms with Gasteiger partial charge in [-0.2, -0.15) is 0 Å². The van der Waals surface area contributed by atoms with E-state index in [1.54, 1.807) is 36.8 Å². The predicted molar refractivity (Wildman–Crippen MR) is 81.3 cm³/mol. The van der Waals surface area contributed by atoms with E-state index < -0.39 is 28.6 Å². The second-order valence-electron chi connectivity index (χ2n) is 4.63. The molecule has 3 aromatic rings. The molecule has 1 aromatic carbocycles. The molecule has 0 spiro atoms. The van der Waals surface area contributed by atoms with E-state index in [-0.39, 0.29) is 0 Å². The van der Waals surface area contributed by atoms with Gasteiger partial charge in [0.1, 0.15) is 0 Å². The Balaban J connectivity index is 1.84. The quantitative estimate of drug-likeness (QED) is 0.476. The molecule has 2 aromatic heterocycles. The van der Waals surface area contributed by atoms with Crippen molar-refractivity contribution in [3.63, 3.8) is 0 Å². The van der Waals surface area contributed by atoms with Gasteiger partial charge in [-0.1, -0.05) is 12.1 Å². The molecular formula is C14H11N5O4. The lowest BCUT2D eigenvalue weighted by Gasteiger charge is -2.06. The smallest absolute Gasteiger partial charge is 0.328 e. The highest BCUT2D eigenvalue weighted by molar-refractivity contribution is 6.05. The summed E-state index contributed by atoms with van der Waals surface area (Å²) in [5, 5.41) is 12.0. The zero-order valence-electron chi connectivity index (χ0n) is 11.6. The first-order valence-corrected chi connectivity index (χ1v) is 6.50. The second-order valence-corrected chi connectivity index (χ2v) is 4.63. The first-order chi connectivity index (χ1) is 11.0. The normalized spacial score (nSPS) is 10.4. The molecule has 0 fully saturated rings. The number of aromatic hydroxyl groups is 1. The van der Waals surface area contributed by atoms with Gasteiger partial charge in [0.25, 0.3) is 11.5 Å². The van der Waals surface area contributed by atoms with Crippen molar-refractivity contribution in [3.05, 3.63) is 63.2 Å². The fourth-order valence-electron chi connectivity index (χ4n) is 2.03. The number of amides is 1. The summed E-state index contributed by atoms with van der Waals surface area (Å²) >= 11 is 0. The number of aromatic amines is 3. The van der Waals surface area contributed by atoms with Crippen molar-refractivity contribution in [1.29, 1.82) is 0 Å². The van der Waals surface area contributed by atoms with Gasteiger partial charge in [0, 0.05) is 5.69 Å². The monoisotopic (exact) mass is 313 g/mol. The van der Waals surface area contributed by atoms with Crippen molar-refractivity contribution in [3.8, 4) is 17.1 Å². The average Bonchev–Trinajstić information content (AvgIpc) is 3.01. The van der Waals surface area contributed by atoms with Crippen molar-refractivity contribution in [2.45, 2.75) is 0 Å². The molecule has 0 aliphatic carbocycles. The SMILES string of the molecule is O=C(Nc1ccc(-c2cnc[nH]2)cc1)c1c(O)[nH]c(=O)[nH]c1=O. The molecule has 3 rings (SSSR count). The van der Waals surface area contributed by atoms with Crippen LogP contribution in [0.25, 0.3) is 11.3 Å². The summed E-state index contributed by atoms with van der Waals surface area (Å²) in [6.07, 6.45) is 3.21. The molecule has 0 bridgehead atoms. The summed E-state index contributed by atoms with van der Waals surface area (Å²) in [6.45, 7) is 0. The van der Waals surface area contributed by atoms with Crippen molar-refractivity contribution in [2.75, 3.05) is 5.32 Å². The van der Waals surface area contributed by atoms with E-state index in [4.69, 9.17) is 0 Å². The molecular weight excluding hydrogens is 302 g/mol. The number of rotatable bonds is 3. The van der Waals surface area contributed by atoms with Gasteiger partial charge < -0.3 is 15.4 Å². The van der Waals surface area contributed by atoms with Crippen molar-refractivity contribution in [1.82, 2.24) is 19.9 Å². The third-order valence-electron chi connectivity index (χ3n) is 3.10. The Morgan fingerprint density at radius 1 is 1.13 bits per heavy atom. The molecule has 116 valence electrons. The average molecular weight is 313 g/mol. The second kappa shape index (κ2) is 5.64. The maximum Gasteiger partial charge on any atom is 0.328 e. The Morgan fingerprint density at radius 3 is 2.48 bits per heavy atom. The lowest BCUT2D eigenvalue weighted by molar-refractivity contribution is 0.102. The van der Waals surface area contributed by atoms with Crippen LogP contribution in [-0.4, -0.2) is 30.9 Å². The first kappa shape index (κ1) is 14.3. The van der Waals surface area contributed by atoms with Crippen molar-refractivity contribution in [2.24, 2.45) is 0 Å². The summed E-state index contributed by atoms with van der Waals surface area (Å²) in [5.41, 5.74) is -0.334. The van der Waals surface area contributed by atoms with Gasteiger partial charge in [0.2, 0.25) is 5.88 Å². The third kappa shape index (κ3) is 2.88. The van der Waals surface area contributed by atoms with E-state index in [9.17, 15) is 19.5 Å². The maximum atomic E-state index is 12.1. The van der Waals surface area contributed by atoms with Crippen LogP contribution >= 0.6 is 0 Å². The Hall–Kier alpha value is -3.62. The number of carbonyl (C=O) groups is 1. The van der Waals surface area contributed by atoms with Crippen LogP contribution in [0.15, 0.2) is 46.4 Å². The zero-order valence-corrected chi connectivity index (χ0v) is 11.6. The van der Waals surface area contributed by atoms with Crippen LogP contribution in [0.5, 0.6) is 5.88 Å². The minimum absolute atomic E-state index is 0.420. The van der Waals surface area contributed by atoms with E-state index in [0.717, 1.165) is 11.3 Å². The number of hydrogen-bond acceptors (Lipinski definition) is 5. The van der Waals surface area contributed by atoms with Crippen LogP contribution in [0.2, 0.25) is 0 Å². The van der Waals surface area contributed by atoms with Crippen LogP contribution < -0.4 is 16.6 Å². The summed E-state index contributed by atoms with van der Waals surface area (Å²) in [4.78, 5) is 45.3. The van der Waals surface area contributed by atoms with Gasteiger partial charge in [-0.3, -0.25) is 19.6 Å². The number of H-pyrrole nitrogens is 3. The number of nitrogens with zero attached hydrogens (tertiary/aromatic N) is 1. The molecule has 0 aliphatic rings. The molecule has 0 unspecified atom stereocenters. The van der Waals surface area contributed by atoms with E-state index in [1.165, 1.54) is 0 Å². The lowest BCUT2D eigenvalue weighted by Crippen LogP contribution is -2.30. The van der Waals surface area contributed by atoms with Crippen LogP contribution in [-0.2, 0) is 0 Å². The zero-order chi connectivity index (χ0) is 16.4. The number of imidazole rings is 1. The van der Waals surface area contributed by atoms with Crippen LogP contribution in [0.4, 0.5) is 5.69 Å². The van der Waals surface area contributed by atoms with Crippen LogP contribution in [0.1, 0.15) is 10.4 Å². The molecule has 0 saturated heterocycles. The van der Waals surface area contributed by atoms with E-state index >= 15 is 0 Å². The number of nitrogens with one attached hydrogen (secondary N) is 4. The Kier molecular flexibility index (Phi) is 3.51. The van der Waals surface area contributed by atoms with Gasteiger partial charge in [0.05, 0.1) is 18.2 Å². The van der Waals surface area contributed by atoms with Crippen LogP contribution in [0, 0.1) is 0 Å². The molecule has 2 heterocycles. The highest BCUT2D eigenvalue weighted by Gasteiger charge is 2.17. The van der Waals surface area contributed by atoms with Crippen molar-refractivity contribution < 1.29 is 9.90 Å². The number of aromatic nitrogens is 4. The lowest BCUT2D eigenvalue weighted by atomic mass is 10.1. The molecule has 0 aliphatic heterocycles. The molecule has 1 amide bonds. The van der Waals surface area contributed by atoms with Gasteiger partial charge in [0.15, 0.2) is 5.56 Å². The van der Waals surface area contributed by atoms with Gasteiger partial charge in [-0.25, -0.2) is 9.78 Å². The van der Waals surface area contributed by atoms with E-state index in [2.05, 4.69) is 15.3 Å². The molecule has 5 N–H and O–H groups in total. The molecule has 9 nitrogen and oxygen atoms in total. The van der Waals surface area contributed by atoms with Gasteiger partial charge >= 0.3 is 5.69 Å². The summed E-state index contributed by atoms with van der Waals surface area (Å²) in [5.74, 6) is -1.63. The van der Waals surface area contributed by atoms with Crippen molar-refractivity contribution >= 4 is 11.6 Å². The summed E-state index contributed by atoms with van der Waals surface area (Å²) in [7, 11) is 0. The first-order valence-electron chi connectivity index (χ1n) is 6.50. The molecule has 23 heavy (non-hydrogen) atoms. The Morgan fingerprint density at radius 2 is 1.87 bits per heavy atom. The maximum absolute atomic E-state index is 12.1. The largest absolute Gasteiger partial charge is 0.494 e.